The number of carboxylic acid groups (broad SMARTS) is 1. The molecule has 2 saturated heterocycles. The first-order valence-electron chi connectivity index (χ1n) is 16.1. The molecule has 6 heterocycles. The summed E-state index contributed by atoms with van der Waals surface area (Å²) < 4.78 is 26.6. The number of carbonyl (C=O) groups is 1. The Labute approximate surface area is 286 Å². The Balaban J connectivity index is 1.03. The number of aromatic nitrogens is 4. The number of halogens is 1. The van der Waals surface area contributed by atoms with E-state index < -0.39 is 11.8 Å². The van der Waals surface area contributed by atoms with E-state index in [0.717, 1.165) is 66.5 Å². The van der Waals surface area contributed by atoms with Crippen molar-refractivity contribution in [2.75, 3.05) is 26.3 Å². The lowest BCUT2D eigenvalue weighted by Crippen LogP contribution is -2.34. The SMILES string of the molecule is C[C@]1(c2ccc(Cl)cn2)Oc2cccc(C3CCN(Cc4nc5c(OCC6CCO6)cc(C(=O)O)cc5n4Cc4cncs4)CC3)c2O1. The Morgan fingerprint density at radius 1 is 1.12 bits per heavy atom. The molecule has 3 aliphatic rings. The molecule has 5 aromatic rings. The van der Waals surface area contributed by atoms with Crippen LogP contribution in [-0.2, 0) is 23.6 Å². The number of benzene rings is 2. The van der Waals surface area contributed by atoms with Gasteiger partial charge in [0, 0.05) is 42.8 Å². The molecule has 0 amide bonds. The Bertz CT molecular complexity index is 1960. The third kappa shape index (κ3) is 5.98. The number of ether oxygens (including phenoxy) is 4. The largest absolute Gasteiger partial charge is 0.489 e. The van der Waals surface area contributed by atoms with E-state index in [1.165, 1.54) is 0 Å². The van der Waals surface area contributed by atoms with E-state index in [1.54, 1.807) is 41.2 Å². The van der Waals surface area contributed by atoms with Crippen LogP contribution in [0, 0.1) is 0 Å². The molecule has 11 nitrogen and oxygen atoms in total. The van der Waals surface area contributed by atoms with Crippen LogP contribution in [-0.4, -0.2) is 67.9 Å². The van der Waals surface area contributed by atoms with Gasteiger partial charge in [-0.2, -0.15) is 0 Å². The molecule has 0 bridgehead atoms. The number of imidazole rings is 1. The summed E-state index contributed by atoms with van der Waals surface area (Å²) in [7, 11) is 0. The molecular weight excluding hydrogens is 654 g/mol. The number of carboxylic acids is 1. The van der Waals surface area contributed by atoms with Crippen molar-refractivity contribution in [1.82, 2.24) is 24.4 Å². The van der Waals surface area contributed by atoms with Gasteiger partial charge in [0.15, 0.2) is 11.5 Å². The number of pyridine rings is 1. The normalized spacial score (nSPS) is 21.0. The summed E-state index contributed by atoms with van der Waals surface area (Å²) in [5, 5.41) is 10.5. The highest BCUT2D eigenvalue weighted by atomic mass is 35.5. The molecule has 48 heavy (non-hydrogen) atoms. The highest BCUT2D eigenvalue weighted by Crippen LogP contribution is 2.49. The van der Waals surface area contributed by atoms with Crippen LogP contribution in [0.5, 0.6) is 17.2 Å². The zero-order valence-electron chi connectivity index (χ0n) is 26.3. The van der Waals surface area contributed by atoms with E-state index in [9.17, 15) is 9.90 Å². The Hall–Kier alpha value is -4.23. The number of rotatable bonds is 10. The average Bonchev–Trinajstić information content (AvgIpc) is 3.79. The quantitative estimate of drug-likeness (QED) is 0.175. The topological polar surface area (TPSA) is 121 Å². The smallest absolute Gasteiger partial charge is 0.335 e. The molecule has 0 aliphatic carbocycles. The third-order valence-corrected chi connectivity index (χ3v) is 10.3. The predicted octanol–water partition coefficient (Wildman–Crippen LogP) is 6.48. The molecule has 8 rings (SSSR count). The van der Waals surface area contributed by atoms with Crippen LogP contribution in [0.15, 0.2) is 60.4 Å². The second-order valence-corrected chi connectivity index (χ2v) is 14.0. The number of nitrogens with zero attached hydrogens (tertiary/aromatic N) is 5. The first kappa shape index (κ1) is 31.1. The second-order valence-electron chi connectivity index (χ2n) is 12.6. The minimum absolute atomic E-state index is 0.0132. The highest BCUT2D eigenvalue weighted by molar-refractivity contribution is 7.09. The molecule has 3 aliphatic heterocycles. The maximum atomic E-state index is 12.1. The maximum absolute atomic E-state index is 12.1. The molecule has 0 saturated carbocycles. The summed E-state index contributed by atoms with van der Waals surface area (Å²) in [4.78, 5) is 29.4. The van der Waals surface area contributed by atoms with E-state index >= 15 is 0 Å². The zero-order chi connectivity index (χ0) is 32.8. The molecule has 0 spiro atoms. The van der Waals surface area contributed by atoms with Gasteiger partial charge >= 0.3 is 5.97 Å². The highest BCUT2D eigenvalue weighted by Gasteiger charge is 2.42. The number of likely N-dealkylation sites (tertiary alicyclic amines) is 1. The van der Waals surface area contributed by atoms with Gasteiger partial charge in [-0.15, -0.1) is 11.3 Å². The molecule has 2 aromatic carbocycles. The summed E-state index contributed by atoms with van der Waals surface area (Å²) in [6.45, 7) is 5.82. The number of fused-ring (bicyclic) bond motifs is 2. The third-order valence-electron chi connectivity index (χ3n) is 9.36. The van der Waals surface area contributed by atoms with Crippen LogP contribution < -0.4 is 14.2 Å². The fourth-order valence-electron chi connectivity index (χ4n) is 6.67. The van der Waals surface area contributed by atoms with Crippen molar-refractivity contribution in [1.29, 1.82) is 0 Å². The first-order valence-corrected chi connectivity index (χ1v) is 17.3. The molecule has 2 fully saturated rings. The number of para-hydroxylation sites is 1. The molecule has 1 unspecified atom stereocenters. The van der Waals surface area contributed by atoms with Crippen LogP contribution >= 0.6 is 22.9 Å². The monoisotopic (exact) mass is 687 g/mol. The first-order chi connectivity index (χ1) is 23.3. The van der Waals surface area contributed by atoms with Crippen molar-refractivity contribution in [3.05, 3.63) is 92.9 Å². The van der Waals surface area contributed by atoms with Crippen molar-refractivity contribution in [2.24, 2.45) is 0 Å². The minimum atomic E-state index is -1.03. The van der Waals surface area contributed by atoms with Crippen molar-refractivity contribution >= 4 is 39.9 Å². The summed E-state index contributed by atoms with van der Waals surface area (Å²) in [5.41, 5.74) is 5.15. The van der Waals surface area contributed by atoms with Gasteiger partial charge in [0.1, 0.15) is 29.4 Å². The van der Waals surface area contributed by atoms with E-state index in [1.807, 2.05) is 31.3 Å². The van der Waals surface area contributed by atoms with Crippen LogP contribution in [0.1, 0.15) is 64.4 Å². The lowest BCUT2D eigenvalue weighted by Gasteiger charge is -2.32. The summed E-state index contributed by atoms with van der Waals surface area (Å²) in [6, 6.07) is 13.0. The standard InChI is InChI=1S/C35H34ClN5O6S/c1-35(30-6-5-23(36)15-38-30)46-28-4-2-3-26(33(28)47-35)21-7-10-40(11-8-21)18-31-39-32-27(41(31)17-25-16-37-20-48-25)13-22(34(42)43)14-29(32)45-19-24-9-12-44-24/h2-6,13-16,20-21,24H,7-12,17-19H2,1H3,(H,42,43)/t24?,35-/m0/s1. The Kier molecular flexibility index (Phi) is 8.19. The predicted molar refractivity (Wildman–Crippen MR) is 179 cm³/mol. The molecule has 3 aromatic heterocycles. The van der Waals surface area contributed by atoms with E-state index in [4.69, 9.17) is 35.5 Å². The molecular formula is C35H34ClN5O6S. The van der Waals surface area contributed by atoms with Gasteiger partial charge in [0.25, 0.3) is 5.79 Å². The van der Waals surface area contributed by atoms with E-state index in [2.05, 4.69) is 25.5 Å². The number of thiazole rings is 1. The van der Waals surface area contributed by atoms with E-state index in [-0.39, 0.29) is 11.7 Å². The van der Waals surface area contributed by atoms with E-state index in [0.29, 0.717) is 53.3 Å². The van der Waals surface area contributed by atoms with Gasteiger partial charge < -0.3 is 28.6 Å². The fourth-order valence-corrected chi connectivity index (χ4v) is 7.36. The second kappa shape index (κ2) is 12.7. The average molecular weight is 688 g/mol. The Morgan fingerprint density at radius 3 is 2.69 bits per heavy atom. The zero-order valence-corrected chi connectivity index (χ0v) is 27.9. The fraction of sp³-hybridized carbons (Fsp3) is 0.371. The van der Waals surface area contributed by atoms with Gasteiger partial charge in [-0.1, -0.05) is 23.7 Å². The lowest BCUT2D eigenvalue weighted by molar-refractivity contribution is -0.0723. The summed E-state index contributed by atoms with van der Waals surface area (Å²) in [6.07, 6.45) is 6.25. The number of hydrogen-bond donors (Lipinski definition) is 1. The summed E-state index contributed by atoms with van der Waals surface area (Å²) in [5.74, 6) is 1.06. The van der Waals surface area contributed by atoms with Crippen molar-refractivity contribution in [3.8, 4) is 17.2 Å². The van der Waals surface area contributed by atoms with Gasteiger partial charge in [-0.3, -0.25) is 14.9 Å². The maximum Gasteiger partial charge on any atom is 0.335 e. The molecule has 13 heteroatoms. The van der Waals surface area contributed by atoms with Gasteiger partial charge in [-0.05, 0) is 62.2 Å². The van der Waals surface area contributed by atoms with Crippen LogP contribution in [0.4, 0.5) is 0 Å². The van der Waals surface area contributed by atoms with Crippen LogP contribution in [0.3, 0.4) is 0 Å². The minimum Gasteiger partial charge on any atom is -0.489 e. The van der Waals surface area contributed by atoms with Crippen LogP contribution in [0.25, 0.3) is 11.0 Å². The Morgan fingerprint density at radius 2 is 1.98 bits per heavy atom. The number of aromatic carboxylic acids is 1. The molecule has 1 N–H and O–H groups in total. The number of hydrogen-bond acceptors (Lipinski definition) is 10. The van der Waals surface area contributed by atoms with Crippen molar-refractivity contribution in [2.45, 2.75) is 57.1 Å². The lowest BCUT2D eigenvalue weighted by atomic mass is 9.88. The molecule has 248 valence electrons. The van der Waals surface area contributed by atoms with Crippen molar-refractivity contribution in [3.63, 3.8) is 0 Å². The van der Waals surface area contributed by atoms with Gasteiger partial charge in [0.2, 0.25) is 0 Å². The van der Waals surface area contributed by atoms with Gasteiger partial charge in [-0.25, -0.2) is 9.78 Å². The summed E-state index contributed by atoms with van der Waals surface area (Å²) >= 11 is 7.63. The molecule has 2 atom stereocenters. The van der Waals surface area contributed by atoms with Crippen molar-refractivity contribution < 1.29 is 28.8 Å². The van der Waals surface area contributed by atoms with Crippen LogP contribution in [0.2, 0.25) is 5.02 Å². The number of piperidine rings is 1. The van der Waals surface area contributed by atoms with Gasteiger partial charge in [0.05, 0.1) is 40.8 Å². The molecule has 0 radical (unpaired) electrons.